The molecular formula is C16H17BrN2. The molecule has 0 aliphatic rings. The van der Waals surface area contributed by atoms with Gasteiger partial charge in [-0.1, -0.05) is 23.8 Å². The number of aryl methyl sites for hydroxylation is 3. The molecule has 0 amide bonds. The second-order valence-corrected chi connectivity index (χ2v) is 5.60. The summed E-state index contributed by atoms with van der Waals surface area (Å²) in [6.07, 6.45) is 0. The molecule has 0 fully saturated rings. The second-order valence-electron chi connectivity index (χ2n) is 4.79. The minimum absolute atomic E-state index is 0.830. The molecule has 0 unspecified atom stereocenters. The van der Waals surface area contributed by atoms with E-state index in [1.807, 2.05) is 25.1 Å². The van der Waals surface area contributed by atoms with Crippen molar-refractivity contribution in [3.8, 4) is 0 Å². The lowest BCUT2D eigenvalue weighted by Gasteiger charge is -2.08. The molecular weight excluding hydrogens is 300 g/mol. The Morgan fingerprint density at radius 3 is 2.32 bits per heavy atom. The highest BCUT2D eigenvalue weighted by Crippen LogP contribution is 2.25. The van der Waals surface area contributed by atoms with Gasteiger partial charge in [0.2, 0.25) is 0 Å². The largest absolute Gasteiger partial charge is 0.251 e. The highest BCUT2D eigenvalue weighted by atomic mass is 79.9. The number of rotatable bonds is 2. The SMILES string of the molecule is CC(=Nc1c(C)cc(C)cc1C)c1cccc(Br)n1. The van der Waals surface area contributed by atoms with Crippen LogP contribution in [0, 0.1) is 20.8 Å². The van der Waals surface area contributed by atoms with Gasteiger partial charge in [0.1, 0.15) is 4.60 Å². The topological polar surface area (TPSA) is 25.2 Å². The molecule has 1 heterocycles. The van der Waals surface area contributed by atoms with Gasteiger partial charge in [-0.3, -0.25) is 4.99 Å². The number of benzene rings is 1. The standard InChI is InChI=1S/C16H17BrN2/c1-10-8-11(2)16(12(3)9-10)18-13(4)14-6-5-7-15(17)19-14/h5-9H,1-4H3. The third-order valence-corrected chi connectivity index (χ3v) is 3.44. The molecule has 0 saturated carbocycles. The maximum Gasteiger partial charge on any atom is 0.106 e. The number of nitrogens with zero attached hydrogens (tertiary/aromatic N) is 2. The molecule has 2 rings (SSSR count). The first kappa shape index (κ1) is 13.9. The quantitative estimate of drug-likeness (QED) is 0.571. The molecule has 0 saturated heterocycles. The Labute approximate surface area is 122 Å². The molecule has 0 N–H and O–H groups in total. The van der Waals surface area contributed by atoms with Gasteiger partial charge in [0.05, 0.1) is 17.1 Å². The third-order valence-electron chi connectivity index (χ3n) is 3.00. The minimum atomic E-state index is 0.830. The van der Waals surface area contributed by atoms with Gasteiger partial charge in [-0.2, -0.15) is 0 Å². The summed E-state index contributed by atoms with van der Waals surface area (Å²) in [4.78, 5) is 9.18. The monoisotopic (exact) mass is 316 g/mol. The van der Waals surface area contributed by atoms with E-state index in [9.17, 15) is 0 Å². The fraction of sp³-hybridized carbons (Fsp3) is 0.250. The molecule has 3 heteroatoms. The first-order chi connectivity index (χ1) is 8.97. The zero-order chi connectivity index (χ0) is 14.0. The Hall–Kier alpha value is -1.48. The van der Waals surface area contributed by atoms with Crippen molar-refractivity contribution in [2.24, 2.45) is 4.99 Å². The Balaban J connectivity index is 2.47. The lowest BCUT2D eigenvalue weighted by atomic mass is 10.1. The average Bonchev–Trinajstić information content (AvgIpc) is 2.33. The molecule has 1 aromatic carbocycles. The lowest BCUT2D eigenvalue weighted by molar-refractivity contribution is 1.22. The Bertz CT molecular complexity index is 622. The normalized spacial score (nSPS) is 11.7. The third kappa shape index (κ3) is 3.29. The predicted octanol–water partition coefficient (Wildman–Crippen LogP) is 4.91. The van der Waals surface area contributed by atoms with Crippen LogP contribution in [0.5, 0.6) is 0 Å². The van der Waals surface area contributed by atoms with Crippen molar-refractivity contribution in [3.05, 3.63) is 57.3 Å². The van der Waals surface area contributed by atoms with E-state index in [1.54, 1.807) is 0 Å². The van der Waals surface area contributed by atoms with Crippen molar-refractivity contribution in [1.82, 2.24) is 4.98 Å². The van der Waals surface area contributed by atoms with E-state index in [0.29, 0.717) is 0 Å². The molecule has 0 aliphatic heterocycles. The van der Waals surface area contributed by atoms with Crippen LogP contribution in [0.25, 0.3) is 0 Å². The first-order valence-corrected chi connectivity index (χ1v) is 7.03. The van der Waals surface area contributed by atoms with E-state index in [4.69, 9.17) is 4.99 Å². The van der Waals surface area contributed by atoms with E-state index in [1.165, 1.54) is 16.7 Å². The van der Waals surface area contributed by atoms with Crippen LogP contribution in [0.1, 0.15) is 29.3 Å². The van der Waals surface area contributed by atoms with Crippen LogP contribution in [0.15, 0.2) is 39.9 Å². The number of hydrogen-bond donors (Lipinski definition) is 0. The first-order valence-electron chi connectivity index (χ1n) is 6.23. The van der Waals surface area contributed by atoms with Crippen LogP contribution in [0.4, 0.5) is 5.69 Å². The molecule has 19 heavy (non-hydrogen) atoms. The van der Waals surface area contributed by atoms with Crippen LogP contribution in [0.3, 0.4) is 0 Å². The summed E-state index contributed by atoms with van der Waals surface area (Å²) in [7, 11) is 0. The smallest absolute Gasteiger partial charge is 0.106 e. The maximum atomic E-state index is 4.74. The molecule has 1 aromatic heterocycles. The zero-order valence-electron chi connectivity index (χ0n) is 11.7. The van der Waals surface area contributed by atoms with Crippen molar-refractivity contribution < 1.29 is 0 Å². The number of pyridine rings is 1. The fourth-order valence-corrected chi connectivity index (χ4v) is 2.53. The van der Waals surface area contributed by atoms with Crippen molar-refractivity contribution in [2.75, 3.05) is 0 Å². The van der Waals surface area contributed by atoms with Gasteiger partial charge in [-0.05, 0) is 66.9 Å². The van der Waals surface area contributed by atoms with Crippen LogP contribution >= 0.6 is 15.9 Å². The summed E-state index contributed by atoms with van der Waals surface area (Å²) in [6, 6.07) is 10.2. The van der Waals surface area contributed by atoms with Crippen LogP contribution in [0.2, 0.25) is 0 Å². The summed E-state index contributed by atoms with van der Waals surface area (Å²) in [5.74, 6) is 0. The number of aromatic nitrogens is 1. The van der Waals surface area contributed by atoms with Gasteiger partial charge in [-0.25, -0.2) is 4.98 Å². The number of aliphatic imine (C=N–C) groups is 1. The molecule has 0 radical (unpaired) electrons. The van der Waals surface area contributed by atoms with Gasteiger partial charge in [0, 0.05) is 0 Å². The summed E-state index contributed by atoms with van der Waals surface area (Å²) in [5.41, 5.74) is 6.54. The molecule has 0 spiro atoms. The molecule has 2 aromatic rings. The van der Waals surface area contributed by atoms with Gasteiger partial charge in [0.15, 0.2) is 0 Å². The van der Waals surface area contributed by atoms with Crippen LogP contribution in [-0.2, 0) is 0 Å². The van der Waals surface area contributed by atoms with E-state index in [2.05, 4.69) is 53.8 Å². The summed E-state index contributed by atoms with van der Waals surface area (Å²) in [5, 5.41) is 0. The number of hydrogen-bond acceptors (Lipinski definition) is 2. The van der Waals surface area contributed by atoms with Crippen molar-refractivity contribution in [1.29, 1.82) is 0 Å². The van der Waals surface area contributed by atoms with E-state index >= 15 is 0 Å². The minimum Gasteiger partial charge on any atom is -0.251 e. The highest BCUT2D eigenvalue weighted by Gasteiger charge is 2.05. The molecule has 98 valence electrons. The summed E-state index contributed by atoms with van der Waals surface area (Å²) in [6.45, 7) is 8.30. The average molecular weight is 317 g/mol. The van der Waals surface area contributed by atoms with E-state index < -0.39 is 0 Å². The van der Waals surface area contributed by atoms with E-state index in [0.717, 1.165) is 21.7 Å². The van der Waals surface area contributed by atoms with Crippen LogP contribution < -0.4 is 0 Å². The van der Waals surface area contributed by atoms with Gasteiger partial charge in [-0.15, -0.1) is 0 Å². The predicted molar refractivity (Wildman–Crippen MR) is 84.5 cm³/mol. The summed E-state index contributed by atoms with van der Waals surface area (Å²) < 4.78 is 0.830. The Morgan fingerprint density at radius 1 is 1.11 bits per heavy atom. The van der Waals surface area contributed by atoms with Crippen LogP contribution in [-0.4, -0.2) is 10.7 Å². The molecule has 0 aliphatic carbocycles. The Morgan fingerprint density at radius 2 is 1.74 bits per heavy atom. The maximum absolute atomic E-state index is 4.74. The lowest BCUT2D eigenvalue weighted by Crippen LogP contribution is -1.98. The zero-order valence-corrected chi connectivity index (χ0v) is 13.2. The van der Waals surface area contributed by atoms with Gasteiger partial charge < -0.3 is 0 Å². The van der Waals surface area contributed by atoms with Gasteiger partial charge in [0.25, 0.3) is 0 Å². The van der Waals surface area contributed by atoms with Crippen molar-refractivity contribution in [3.63, 3.8) is 0 Å². The fourth-order valence-electron chi connectivity index (χ4n) is 2.18. The summed E-state index contributed by atoms with van der Waals surface area (Å²) >= 11 is 3.39. The Kier molecular flexibility index (Phi) is 4.15. The van der Waals surface area contributed by atoms with E-state index in [-0.39, 0.29) is 0 Å². The molecule has 0 atom stereocenters. The van der Waals surface area contributed by atoms with Crippen molar-refractivity contribution >= 4 is 27.3 Å². The highest BCUT2D eigenvalue weighted by molar-refractivity contribution is 9.10. The second kappa shape index (κ2) is 5.66. The van der Waals surface area contributed by atoms with Crippen molar-refractivity contribution in [2.45, 2.75) is 27.7 Å². The molecule has 2 nitrogen and oxygen atoms in total. The molecule has 0 bridgehead atoms. The van der Waals surface area contributed by atoms with Gasteiger partial charge >= 0.3 is 0 Å². The number of halogens is 1.